The third kappa shape index (κ3) is 1.86. The molecule has 4 nitrogen and oxygen atoms in total. The molecule has 1 fully saturated rings. The number of nitro benzene ring substituents is 1. The van der Waals surface area contributed by atoms with E-state index in [4.69, 9.17) is 5.73 Å². The molecular weight excluding hydrogens is 204 g/mol. The maximum Gasteiger partial charge on any atom is 0.269 e. The summed E-state index contributed by atoms with van der Waals surface area (Å²) in [5.41, 5.74) is 6.62. The molecule has 0 spiro atoms. The van der Waals surface area contributed by atoms with Gasteiger partial charge in [-0.3, -0.25) is 10.1 Å². The van der Waals surface area contributed by atoms with Crippen molar-refractivity contribution < 1.29 is 4.92 Å². The topological polar surface area (TPSA) is 69.2 Å². The van der Waals surface area contributed by atoms with Crippen molar-refractivity contribution in [1.29, 1.82) is 0 Å². The normalized spacial score (nSPS) is 16.9. The average Bonchev–Trinajstić information content (AvgIpc) is 2.85. The Morgan fingerprint density at radius 2 is 2.07 bits per heavy atom. The van der Waals surface area contributed by atoms with Gasteiger partial charge in [0.2, 0.25) is 0 Å². The molecule has 0 heterocycles. The van der Waals surface area contributed by atoms with Gasteiger partial charge >= 0.3 is 0 Å². The van der Waals surface area contributed by atoms with Crippen LogP contribution >= 0.6 is 12.4 Å². The fourth-order valence-electron chi connectivity index (χ4n) is 1.35. The van der Waals surface area contributed by atoms with Crippen LogP contribution in [0.2, 0.25) is 0 Å². The Morgan fingerprint density at radius 3 is 2.57 bits per heavy atom. The molecule has 2 rings (SSSR count). The summed E-state index contributed by atoms with van der Waals surface area (Å²) < 4.78 is 0. The lowest BCUT2D eigenvalue weighted by Crippen LogP contribution is -2.18. The summed E-state index contributed by atoms with van der Waals surface area (Å²) in [5, 5.41) is 10.5. The molecule has 1 aliphatic rings. The van der Waals surface area contributed by atoms with Crippen molar-refractivity contribution in [2.24, 2.45) is 5.73 Å². The second kappa shape index (κ2) is 3.55. The molecule has 0 radical (unpaired) electrons. The van der Waals surface area contributed by atoms with Gasteiger partial charge in [-0.05, 0) is 18.4 Å². The number of halogens is 1. The largest absolute Gasteiger partial charge is 0.321 e. The first kappa shape index (κ1) is 10.9. The maximum absolute atomic E-state index is 10.5. The maximum atomic E-state index is 10.5. The molecule has 0 bridgehead atoms. The summed E-state index contributed by atoms with van der Waals surface area (Å²) in [5.74, 6) is 0. The Bertz CT molecular complexity index is 364. The van der Waals surface area contributed by atoms with Gasteiger partial charge < -0.3 is 5.73 Å². The smallest absolute Gasteiger partial charge is 0.269 e. The Morgan fingerprint density at radius 1 is 1.43 bits per heavy atom. The standard InChI is InChI=1S/C9H10N2O2.ClH/c10-9(4-5-9)7-2-1-3-8(6-7)11(12)13;/h1-3,6H,4-5,10H2;1H. The van der Waals surface area contributed by atoms with E-state index in [1.807, 2.05) is 6.07 Å². The molecule has 2 N–H and O–H groups in total. The van der Waals surface area contributed by atoms with Crippen molar-refractivity contribution in [2.75, 3.05) is 0 Å². The highest BCUT2D eigenvalue weighted by Crippen LogP contribution is 2.43. The second-order valence-corrected chi connectivity index (χ2v) is 3.46. The Hall–Kier alpha value is -1.13. The molecule has 1 aromatic carbocycles. The van der Waals surface area contributed by atoms with Crippen molar-refractivity contribution >= 4 is 18.1 Å². The van der Waals surface area contributed by atoms with Crippen molar-refractivity contribution in [1.82, 2.24) is 0 Å². The predicted octanol–water partition coefficient (Wildman–Crippen LogP) is 1.96. The molecule has 1 aliphatic carbocycles. The number of nitrogens with two attached hydrogens (primary N) is 1. The average molecular weight is 215 g/mol. The van der Waals surface area contributed by atoms with Crippen LogP contribution in [-0.2, 0) is 5.54 Å². The van der Waals surface area contributed by atoms with E-state index >= 15 is 0 Å². The summed E-state index contributed by atoms with van der Waals surface area (Å²) >= 11 is 0. The number of hydrogen-bond donors (Lipinski definition) is 1. The van der Waals surface area contributed by atoms with Gasteiger partial charge in [0, 0.05) is 17.7 Å². The fourth-order valence-corrected chi connectivity index (χ4v) is 1.35. The first-order chi connectivity index (χ1) is 6.12. The van der Waals surface area contributed by atoms with Crippen LogP contribution in [0.15, 0.2) is 24.3 Å². The first-order valence-electron chi connectivity index (χ1n) is 4.16. The highest BCUT2D eigenvalue weighted by atomic mass is 35.5. The lowest BCUT2D eigenvalue weighted by Gasteiger charge is -2.07. The molecule has 1 aromatic rings. The zero-order valence-electron chi connectivity index (χ0n) is 7.47. The van der Waals surface area contributed by atoms with E-state index in [-0.39, 0.29) is 23.6 Å². The molecule has 0 saturated heterocycles. The monoisotopic (exact) mass is 214 g/mol. The molecule has 5 heteroatoms. The van der Waals surface area contributed by atoms with E-state index in [1.165, 1.54) is 6.07 Å². The lowest BCUT2D eigenvalue weighted by molar-refractivity contribution is -0.384. The zero-order valence-corrected chi connectivity index (χ0v) is 8.29. The van der Waals surface area contributed by atoms with E-state index in [2.05, 4.69) is 0 Å². The second-order valence-electron chi connectivity index (χ2n) is 3.46. The van der Waals surface area contributed by atoms with E-state index in [0.29, 0.717) is 0 Å². The Labute approximate surface area is 87.7 Å². The van der Waals surface area contributed by atoms with Crippen molar-refractivity contribution in [2.45, 2.75) is 18.4 Å². The number of benzene rings is 1. The molecule has 14 heavy (non-hydrogen) atoms. The van der Waals surface area contributed by atoms with Crippen LogP contribution in [0, 0.1) is 10.1 Å². The summed E-state index contributed by atoms with van der Waals surface area (Å²) in [7, 11) is 0. The minimum absolute atomic E-state index is 0. The van der Waals surface area contributed by atoms with E-state index in [0.717, 1.165) is 18.4 Å². The number of hydrogen-bond acceptors (Lipinski definition) is 3. The molecular formula is C9H11ClN2O2. The van der Waals surface area contributed by atoms with Crippen LogP contribution in [-0.4, -0.2) is 4.92 Å². The molecule has 0 amide bonds. The van der Waals surface area contributed by atoms with Crippen molar-refractivity contribution in [3.8, 4) is 0 Å². The quantitative estimate of drug-likeness (QED) is 0.605. The van der Waals surface area contributed by atoms with E-state index < -0.39 is 4.92 Å². The van der Waals surface area contributed by atoms with Crippen LogP contribution in [0.5, 0.6) is 0 Å². The minimum Gasteiger partial charge on any atom is -0.321 e. The minimum atomic E-state index is -0.394. The molecule has 76 valence electrons. The first-order valence-corrected chi connectivity index (χ1v) is 4.16. The van der Waals surface area contributed by atoms with Crippen LogP contribution < -0.4 is 5.73 Å². The third-order valence-electron chi connectivity index (χ3n) is 2.42. The summed E-state index contributed by atoms with van der Waals surface area (Å²) in [4.78, 5) is 10.1. The van der Waals surface area contributed by atoms with Gasteiger partial charge in [-0.1, -0.05) is 12.1 Å². The van der Waals surface area contributed by atoms with Crippen LogP contribution in [0.25, 0.3) is 0 Å². The molecule has 1 saturated carbocycles. The van der Waals surface area contributed by atoms with Gasteiger partial charge in [0.15, 0.2) is 0 Å². The summed E-state index contributed by atoms with van der Waals surface area (Å²) in [6.45, 7) is 0. The van der Waals surface area contributed by atoms with Gasteiger partial charge in [-0.2, -0.15) is 0 Å². The number of nitro groups is 1. The van der Waals surface area contributed by atoms with Crippen LogP contribution in [0.3, 0.4) is 0 Å². The summed E-state index contributed by atoms with van der Waals surface area (Å²) in [6, 6.07) is 6.57. The van der Waals surface area contributed by atoms with Crippen LogP contribution in [0.4, 0.5) is 5.69 Å². The van der Waals surface area contributed by atoms with Crippen LogP contribution in [0.1, 0.15) is 18.4 Å². The van der Waals surface area contributed by atoms with Crippen molar-refractivity contribution in [3.05, 3.63) is 39.9 Å². The molecule has 0 atom stereocenters. The van der Waals surface area contributed by atoms with Gasteiger partial charge in [0.05, 0.1) is 4.92 Å². The fraction of sp³-hybridized carbons (Fsp3) is 0.333. The number of rotatable bonds is 2. The lowest BCUT2D eigenvalue weighted by atomic mass is 10.1. The van der Waals surface area contributed by atoms with Gasteiger partial charge in [0.25, 0.3) is 5.69 Å². The summed E-state index contributed by atoms with van der Waals surface area (Å²) in [6.07, 6.45) is 1.85. The molecule has 0 unspecified atom stereocenters. The van der Waals surface area contributed by atoms with Gasteiger partial charge in [-0.15, -0.1) is 12.4 Å². The Balaban J connectivity index is 0.000000980. The highest BCUT2D eigenvalue weighted by Gasteiger charge is 2.40. The Kier molecular flexibility index (Phi) is 2.78. The number of non-ortho nitro benzene ring substituents is 1. The van der Waals surface area contributed by atoms with Crippen molar-refractivity contribution in [3.63, 3.8) is 0 Å². The number of nitrogens with zero attached hydrogens (tertiary/aromatic N) is 1. The third-order valence-corrected chi connectivity index (χ3v) is 2.42. The molecule has 0 aromatic heterocycles. The van der Waals surface area contributed by atoms with E-state index in [1.54, 1.807) is 12.1 Å². The molecule has 0 aliphatic heterocycles. The zero-order chi connectivity index (χ0) is 9.47. The van der Waals surface area contributed by atoms with Gasteiger partial charge in [0.1, 0.15) is 0 Å². The SMILES string of the molecule is Cl.NC1(c2cccc([N+](=O)[O-])c2)CC1. The van der Waals surface area contributed by atoms with Gasteiger partial charge in [-0.25, -0.2) is 0 Å². The highest BCUT2D eigenvalue weighted by molar-refractivity contribution is 5.85. The van der Waals surface area contributed by atoms with E-state index in [9.17, 15) is 10.1 Å². The predicted molar refractivity (Wildman–Crippen MR) is 55.4 cm³/mol.